The third-order valence-electron chi connectivity index (χ3n) is 4.83. The fourth-order valence-electron chi connectivity index (χ4n) is 3.36. The predicted octanol–water partition coefficient (Wildman–Crippen LogP) is 2.11. The zero-order chi connectivity index (χ0) is 17.7. The Morgan fingerprint density at radius 1 is 0.920 bits per heavy atom. The van der Waals surface area contributed by atoms with Crippen molar-refractivity contribution in [1.29, 1.82) is 0 Å². The highest BCUT2D eigenvalue weighted by Crippen LogP contribution is 2.20. The first kappa shape index (κ1) is 18.4. The molecule has 0 saturated carbocycles. The lowest BCUT2D eigenvalue weighted by atomic mass is 10.1. The summed E-state index contributed by atoms with van der Waals surface area (Å²) in [6, 6.07) is 6.45. The van der Waals surface area contributed by atoms with Crippen molar-refractivity contribution in [2.75, 3.05) is 39.4 Å². The Morgan fingerprint density at radius 2 is 1.56 bits per heavy atom. The van der Waals surface area contributed by atoms with Crippen LogP contribution in [0, 0.1) is 0 Å². The molecule has 0 aromatic heterocycles. The quantitative estimate of drug-likeness (QED) is 0.822. The average Bonchev–Trinajstić information content (AvgIpc) is 2.62. The maximum Gasteiger partial charge on any atom is 0.253 e. The monoisotopic (exact) mass is 366 g/mol. The lowest BCUT2D eigenvalue weighted by molar-refractivity contribution is 0.0728. The van der Waals surface area contributed by atoms with Crippen LogP contribution in [0.5, 0.6) is 0 Å². The summed E-state index contributed by atoms with van der Waals surface area (Å²) in [7, 11) is -3.58. The van der Waals surface area contributed by atoms with Crippen LogP contribution in [0.4, 0.5) is 0 Å². The number of sulfonamides is 1. The summed E-state index contributed by atoms with van der Waals surface area (Å²) in [4.78, 5) is 14.9. The molecule has 0 bridgehead atoms. The SMILES string of the molecule is O=C(c1cccc(S(=O)(=O)N2CCOCC2)c1)N1CCCCCCC1. The van der Waals surface area contributed by atoms with Crippen molar-refractivity contribution in [3.05, 3.63) is 29.8 Å². The van der Waals surface area contributed by atoms with E-state index in [1.807, 2.05) is 4.90 Å². The van der Waals surface area contributed by atoms with Gasteiger partial charge >= 0.3 is 0 Å². The highest BCUT2D eigenvalue weighted by molar-refractivity contribution is 7.89. The fraction of sp³-hybridized carbons (Fsp3) is 0.611. The molecule has 2 aliphatic rings. The van der Waals surface area contributed by atoms with Crippen LogP contribution < -0.4 is 0 Å². The van der Waals surface area contributed by atoms with E-state index >= 15 is 0 Å². The van der Waals surface area contributed by atoms with Crippen molar-refractivity contribution < 1.29 is 17.9 Å². The Morgan fingerprint density at radius 3 is 2.24 bits per heavy atom. The minimum atomic E-state index is -3.58. The maximum atomic E-state index is 12.8. The van der Waals surface area contributed by atoms with E-state index in [-0.39, 0.29) is 10.8 Å². The van der Waals surface area contributed by atoms with Gasteiger partial charge in [-0.2, -0.15) is 4.31 Å². The summed E-state index contributed by atoms with van der Waals surface area (Å²) in [6.45, 7) is 3.02. The standard InChI is InChI=1S/C18H26N2O4S/c21-18(19-9-4-2-1-3-5-10-19)16-7-6-8-17(15-16)25(22,23)20-11-13-24-14-12-20/h6-8,15H,1-5,9-14H2. The number of carbonyl (C=O) groups is 1. The molecular weight excluding hydrogens is 340 g/mol. The van der Waals surface area contributed by atoms with E-state index in [9.17, 15) is 13.2 Å². The molecule has 2 fully saturated rings. The molecular formula is C18H26N2O4S. The Hall–Kier alpha value is -1.44. The van der Waals surface area contributed by atoms with Gasteiger partial charge in [0.25, 0.3) is 5.91 Å². The van der Waals surface area contributed by atoms with Gasteiger partial charge in [0.2, 0.25) is 10.0 Å². The second-order valence-corrected chi connectivity index (χ2v) is 8.54. The number of morpholine rings is 1. The third kappa shape index (κ3) is 4.40. The topological polar surface area (TPSA) is 66.9 Å². The molecule has 7 heteroatoms. The Labute approximate surface area is 149 Å². The summed E-state index contributed by atoms with van der Waals surface area (Å²) in [6.07, 6.45) is 5.55. The first-order chi connectivity index (χ1) is 12.1. The summed E-state index contributed by atoms with van der Waals surface area (Å²) in [5, 5.41) is 0. The van der Waals surface area contributed by atoms with Crippen molar-refractivity contribution in [1.82, 2.24) is 9.21 Å². The molecule has 6 nitrogen and oxygen atoms in total. The normalized spacial score (nSPS) is 20.7. The molecule has 2 saturated heterocycles. The molecule has 25 heavy (non-hydrogen) atoms. The van der Waals surface area contributed by atoms with Gasteiger partial charge in [-0.1, -0.05) is 25.3 Å². The Bertz CT molecular complexity index is 691. The van der Waals surface area contributed by atoms with Gasteiger partial charge in [-0.15, -0.1) is 0 Å². The van der Waals surface area contributed by atoms with Crippen LogP contribution in [0.15, 0.2) is 29.2 Å². The zero-order valence-electron chi connectivity index (χ0n) is 14.5. The van der Waals surface area contributed by atoms with Crippen LogP contribution in [0.3, 0.4) is 0 Å². The summed E-state index contributed by atoms with van der Waals surface area (Å²) in [5.41, 5.74) is 0.454. The van der Waals surface area contributed by atoms with Gasteiger partial charge in [-0.05, 0) is 31.0 Å². The molecule has 138 valence electrons. The highest BCUT2D eigenvalue weighted by atomic mass is 32.2. The second kappa shape index (κ2) is 8.29. The number of amides is 1. The zero-order valence-corrected chi connectivity index (χ0v) is 15.3. The number of likely N-dealkylation sites (tertiary alicyclic amines) is 1. The van der Waals surface area contributed by atoms with Crippen LogP contribution >= 0.6 is 0 Å². The number of hydrogen-bond acceptors (Lipinski definition) is 4. The first-order valence-electron chi connectivity index (χ1n) is 9.06. The molecule has 2 aliphatic heterocycles. The maximum absolute atomic E-state index is 12.8. The first-order valence-corrected chi connectivity index (χ1v) is 10.5. The van der Waals surface area contributed by atoms with Gasteiger partial charge in [0.15, 0.2) is 0 Å². The number of benzene rings is 1. The van der Waals surface area contributed by atoms with Crippen molar-refractivity contribution >= 4 is 15.9 Å². The Kier molecular flexibility index (Phi) is 6.09. The smallest absolute Gasteiger partial charge is 0.253 e. The molecule has 0 radical (unpaired) electrons. The summed E-state index contributed by atoms with van der Waals surface area (Å²) in [5.74, 6) is -0.0686. The molecule has 1 amide bonds. The van der Waals surface area contributed by atoms with E-state index in [1.54, 1.807) is 18.2 Å². The average molecular weight is 366 g/mol. The van der Waals surface area contributed by atoms with E-state index in [1.165, 1.54) is 16.8 Å². The van der Waals surface area contributed by atoms with Crippen LogP contribution in [0.1, 0.15) is 42.5 Å². The van der Waals surface area contributed by atoms with E-state index in [4.69, 9.17) is 4.74 Å². The lowest BCUT2D eigenvalue weighted by Crippen LogP contribution is -2.40. The molecule has 1 aromatic rings. The predicted molar refractivity (Wildman–Crippen MR) is 95.0 cm³/mol. The number of nitrogens with zero attached hydrogens (tertiary/aromatic N) is 2. The highest BCUT2D eigenvalue weighted by Gasteiger charge is 2.27. The number of ether oxygens (including phenoxy) is 1. The van der Waals surface area contributed by atoms with Crippen LogP contribution in [0.2, 0.25) is 0 Å². The molecule has 0 N–H and O–H groups in total. The largest absolute Gasteiger partial charge is 0.379 e. The van der Waals surface area contributed by atoms with Gasteiger partial charge in [0, 0.05) is 31.7 Å². The summed E-state index contributed by atoms with van der Waals surface area (Å²) >= 11 is 0. The van der Waals surface area contributed by atoms with Gasteiger partial charge in [-0.25, -0.2) is 8.42 Å². The third-order valence-corrected chi connectivity index (χ3v) is 6.73. The lowest BCUT2D eigenvalue weighted by Gasteiger charge is -2.27. The van der Waals surface area contributed by atoms with Crippen molar-refractivity contribution in [3.63, 3.8) is 0 Å². The van der Waals surface area contributed by atoms with Crippen LogP contribution in [0.25, 0.3) is 0 Å². The van der Waals surface area contributed by atoms with Crippen LogP contribution in [-0.4, -0.2) is 62.9 Å². The van der Waals surface area contributed by atoms with E-state index in [2.05, 4.69) is 0 Å². The van der Waals surface area contributed by atoms with Gasteiger partial charge in [0.1, 0.15) is 0 Å². The minimum absolute atomic E-state index is 0.0686. The molecule has 0 unspecified atom stereocenters. The van der Waals surface area contributed by atoms with Gasteiger partial charge < -0.3 is 9.64 Å². The van der Waals surface area contributed by atoms with Crippen LogP contribution in [-0.2, 0) is 14.8 Å². The van der Waals surface area contributed by atoms with E-state index in [0.717, 1.165) is 38.8 Å². The fourth-order valence-corrected chi connectivity index (χ4v) is 4.81. The van der Waals surface area contributed by atoms with E-state index < -0.39 is 10.0 Å². The number of carbonyl (C=O) groups excluding carboxylic acids is 1. The molecule has 3 rings (SSSR count). The number of hydrogen-bond donors (Lipinski definition) is 0. The van der Waals surface area contributed by atoms with Crippen molar-refractivity contribution in [2.45, 2.75) is 37.0 Å². The Balaban J connectivity index is 1.79. The molecule has 2 heterocycles. The minimum Gasteiger partial charge on any atom is -0.379 e. The van der Waals surface area contributed by atoms with Gasteiger partial charge in [0.05, 0.1) is 18.1 Å². The van der Waals surface area contributed by atoms with Crippen molar-refractivity contribution in [3.8, 4) is 0 Å². The van der Waals surface area contributed by atoms with E-state index in [0.29, 0.717) is 31.9 Å². The van der Waals surface area contributed by atoms with Crippen molar-refractivity contribution in [2.24, 2.45) is 0 Å². The summed E-state index contributed by atoms with van der Waals surface area (Å²) < 4.78 is 32.2. The van der Waals surface area contributed by atoms with Gasteiger partial charge in [-0.3, -0.25) is 4.79 Å². The molecule has 0 spiro atoms. The second-order valence-electron chi connectivity index (χ2n) is 6.60. The molecule has 1 aromatic carbocycles. The molecule has 0 atom stereocenters. The number of rotatable bonds is 3. The molecule has 0 aliphatic carbocycles.